The Morgan fingerprint density at radius 2 is 2.06 bits per heavy atom. The van der Waals surface area contributed by atoms with Gasteiger partial charge in [-0.3, -0.25) is 14.2 Å². The van der Waals surface area contributed by atoms with Crippen molar-refractivity contribution in [2.75, 3.05) is 25.4 Å². The predicted octanol–water partition coefficient (Wildman–Crippen LogP) is 4.04. The monoisotopic (exact) mass is 461 g/mol. The number of aromatic nitrogens is 2. The van der Waals surface area contributed by atoms with Gasteiger partial charge in [0.1, 0.15) is 4.83 Å². The van der Waals surface area contributed by atoms with Gasteiger partial charge in [0.25, 0.3) is 5.56 Å². The number of carbonyl (C=O) groups is 1. The molecule has 0 aromatic carbocycles. The minimum absolute atomic E-state index is 0.0775. The van der Waals surface area contributed by atoms with Crippen LogP contribution in [0.1, 0.15) is 62.4 Å². The Kier molecular flexibility index (Phi) is 6.14. The van der Waals surface area contributed by atoms with E-state index in [9.17, 15) is 9.59 Å². The highest BCUT2D eigenvalue weighted by molar-refractivity contribution is 7.99. The molecule has 0 bridgehead atoms. The maximum absolute atomic E-state index is 13.7. The third kappa shape index (κ3) is 4.18. The minimum Gasteiger partial charge on any atom is -0.375 e. The fourth-order valence-electron chi connectivity index (χ4n) is 5.23. The van der Waals surface area contributed by atoms with Gasteiger partial charge in [0, 0.05) is 24.0 Å². The maximum Gasteiger partial charge on any atom is 0.263 e. The second-order valence-corrected chi connectivity index (χ2v) is 11.4. The highest BCUT2D eigenvalue weighted by Gasteiger charge is 2.29. The van der Waals surface area contributed by atoms with Gasteiger partial charge >= 0.3 is 0 Å². The molecular formula is C23H31N3O3S2. The van der Waals surface area contributed by atoms with Gasteiger partial charge in [-0.15, -0.1) is 11.3 Å². The Bertz CT molecular complexity index is 1040. The van der Waals surface area contributed by atoms with Crippen LogP contribution in [0.2, 0.25) is 0 Å². The molecule has 1 saturated heterocycles. The molecule has 6 nitrogen and oxygen atoms in total. The third-order valence-electron chi connectivity index (χ3n) is 6.94. The first-order chi connectivity index (χ1) is 15.0. The largest absolute Gasteiger partial charge is 0.375 e. The Hall–Kier alpha value is -1.38. The number of hydrogen-bond donors (Lipinski definition) is 0. The summed E-state index contributed by atoms with van der Waals surface area (Å²) in [6.07, 6.45) is 7.62. The average Bonchev–Trinajstić information content (AvgIpc) is 3.39. The Morgan fingerprint density at radius 3 is 2.84 bits per heavy atom. The summed E-state index contributed by atoms with van der Waals surface area (Å²) in [5.41, 5.74) is 1.37. The number of nitrogens with zero attached hydrogens (tertiary/aromatic N) is 3. The molecule has 0 unspecified atom stereocenters. The molecule has 0 spiro atoms. The predicted molar refractivity (Wildman–Crippen MR) is 125 cm³/mol. The van der Waals surface area contributed by atoms with E-state index in [1.54, 1.807) is 11.3 Å². The highest BCUT2D eigenvalue weighted by atomic mass is 32.2. The van der Waals surface area contributed by atoms with Crippen molar-refractivity contribution in [3.8, 4) is 0 Å². The molecule has 2 aromatic heterocycles. The summed E-state index contributed by atoms with van der Waals surface area (Å²) in [5.74, 6) is 1.09. The van der Waals surface area contributed by atoms with Gasteiger partial charge in [-0.05, 0) is 50.5 Å². The maximum atomic E-state index is 13.7. The topological polar surface area (TPSA) is 64.4 Å². The molecule has 31 heavy (non-hydrogen) atoms. The molecule has 168 valence electrons. The molecule has 2 aromatic rings. The second-order valence-electron chi connectivity index (χ2n) is 9.35. The lowest BCUT2D eigenvalue weighted by Crippen LogP contribution is -2.45. The van der Waals surface area contributed by atoms with Gasteiger partial charge in [0.15, 0.2) is 5.16 Å². The van der Waals surface area contributed by atoms with E-state index in [1.165, 1.54) is 22.2 Å². The lowest BCUT2D eigenvalue weighted by atomic mass is 9.89. The van der Waals surface area contributed by atoms with E-state index in [4.69, 9.17) is 9.72 Å². The van der Waals surface area contributed by atoms with E-state index in [1.807, 2.05) is 16.4 Å². The van der Waals surface area contributed by atoms with E-state index in [-0.39, 0.29) is 23.6 Å². The van der Waals surface area contributed by atoms with E-state index >= 15 is 0 Å². The zero-order valence-corrected chi connectivity index (χ0v) is 20.0. The van der Waals surface area contributed by atoms with Crippen LogP contribution in [0.5, 0.6) is 0 Å². The Labute approximate surface area is 191 Å². The Balaban J connectivity index is 1.48. The molecule has 2 aliphatic carbocycles. The van der Waals surface area contributed by atoms with Crippen LogP contribution < -0.4 is 5.56 Å². The summed E-state index contributed by atoms with van der Waals surface area (Å²) < 4.78 is 7.51. The number of rotatable bonds is 4. The summed E-state index contributed by atoms with van der Waals surface area (Å²) in [6.45, 7) is 6.16. The number of carbonyl (C=O) groups excluding carboxylic acids is 1. The van der Waals surface area contributed by atoms with Crippen molar-refractivity contribution in [3.05, 3.63) is 20.8 Å². The quantitative estimate of drug-likeness (QED) is 0.508. The van der Waals surface area contributed by atoms with Crippen molar-refractivity contribution in [1.29, 1.82) is 0 Å². The molecule has 1 aliphatic heterocycles. The van der Waals surface area contributed by atoms with Crippen molar-refractivity contribution in [2.24, 2.45) is 5.92 Å². The van der Waals surface area contributed by atoms with Gasteiger partial charge in [-0.2, -0.15) is 0 Å². The number of hydrogen-bond acceptors (Lipinski definition) is 6. The van der Waals surface area contributed by atoms with Gasteiger partial charge in [-0.1, -0.05) is 31.5 Å². The van der Waals surface area contributed by atoms with Crippen molar-refractivity contribution < 1.29 is 9.53 Å². The Morgan fingerprint density at radius 1 is 1.26 bits per heavy atom. The fourth-order valence-corrected chi connectivity index (χ4v) is 7.63. The standard InChI is InChI=1S/C23H31N3O3S2/c1-14-7-8-17-18(11-14)31-21-20(17)22(28)26(16-5-3-4-6-16)23(24-21)30-13-19(27)25-9-10-29-15(2)12-25/h14-16H,3-13H2,1-2H3/t14-,15-/m0/s1. The van der Waals surface area contributed by atoms with E-state index in [2.05, 4.69) is 6.92 Å². The van der Waals surface area contributed by atoms with Crippen molar-refractivity contribution in [3.63, 3.8) is 0 Å². The molecule has 1 saturated carbocycles. The van der Waals surface area contributed by atoms with E-state index in [0.29, 0.717) is 31.4 Å². The third-order valence-corrected chi connectivity index (χ3v) is 9.02. The van der Waals surface area contributed by atoms with E-state index < -0.39 is 0 Å². The van der Waals surface area contributed by atoms with Crippen LogP contribution in [-0.4, -0.2) is 51.9 Å². The first-order valence-corrected chi connectivity index (χ1v) is 13.4. The van der Waals surface area contributed by atoms with E-state index in [0.717, 1.165) is 60.3 Å². The molecule has 8 heteroatoms. The molecule has 2 fully saturated rings. The number of aryl methyl sites for hydroxylation is 1. The lowest BCUT2D eigenvalue weighted by Gasteiger charge is -2.31. The number of morpholine rings is 1. The van der Waals surface area contributed by atoms with Crippen molar-refractivity contribution in [1.82, 2.24) is 14.5 Å². The lowest BCUT2D eigenvalue weighted by molar-refractivity contribution is -0.135. The van der Waals surface area contributed by atoms with Crippen LogP contribution in [0.4, 0.5) is 0 Å². The average molecular weight is 462 g/mol. The van der Waals surface area contributed by atoms with Crippen LogP contribution >= 0.6 is 23.1 Å². The first kappa shape index (κ1) is 21.5. The molecule has 5 rings (SSSR count). The minimum atomic E-state index is 0.0775. The number of thiophene rings is 1. The summed E-state index contributed by atoms with van der Waals surface area (Å²) in [7, 11) is 0. The van der Waals surface area contributed by atoms with Gasteiger partial charge in [0.2, 0.25) is 5.91 Å². The molecule has 2 atom stereocenters. The van der Waals surface area contributed by atoms with Crippen LogP contribution in [0.25, 0.3) is 10.2 Å². The molecule has 3 aliphatic rings. The summed E-state index contributed by atoms with van der Waals surface area (Å²) in [5, 5.41) is 1.59. The summed E-state index contributed by atoms with van der Waals surface area (Å²) in [6, 6.07) is 0.212. The van der Waals surface area contributed by atoms with Gasteiger partial charge in [0.05, 0.1) is 23.8 Å². The summed E-state index contributed by atoms with van der Waals surface area (Å²) in [4.78, 5) is 35.7. The molecule has 3 heterocycles. The van der Waals surface area contributed by atoms with Gasteiger partial charge < -0.3 is 9.64 Å². The molecule has 1 amide bonds. The number of fused-ring (bicyclic) bond motifs is 3. The molecule has 0 radical (unpaired) electrons. The number of amides is 1. The first-order valence-electron chi connectivity index (χ1n) is 11.6. The SMILES string of the molecule is C[C@H]1CCc2c(sc3nc(SCC(=O)N4CCO[C@@H](C)C4)n(C4CCCC4)c(=O)c23)C1. The van der Waals surface area contributed by atoms with Crippen LogP contribution in [0, 0.1) is 5.92 Å². The van der Waals surface area contributed by atoms with Crippen molar-refractivity contribution >= 4 is 39.2 Å². The van der Waals surface area contributed by atoms with Crippen LogP contribution in [-0.2, 0) is 22.4 Å². The molecule has 0 N–H and O–H groups in total. The normalized spacial score (nSPS) is 24.6. The number of thioether (sulfide) groups is 1. The highest BCUT2D eigenvalue weighted by Crippen LogP contribution is 2.38. The fraction of sp³-hybridized carbons (Fsp3) is 0.696. The smallest absolute Gasteiger partial charge is 0.263 e. The second kappa shape index (κ2) is 8.87. The zero-order valence-electron chi connectivity index (χ0n) is 18.4. The molecular weight excluding hydrogens is 430 g/mol. The van der Waals surface area contributed by atoms with Gasteiger partial charge in [-0.25, -0.2) is 4.98 Å². The van der Waals surface area contributed by atoms with Crippen LogP contribution in [0.3, 0.4) is 0 Å². The zero-order chi connectivity index (χ0) is 21.5. The number of ether oxygens (including phenoxy) is 1. The summed E-state index contributed by atoms with van der Waals surface area (Å²) >= 11 is 3.13. The van der Waals surface area contributed by atoms with Crippen LogP contribution in [0.15, 0.2) is 9.95 Å². The van der Waals surface area contributed by atoms with Crippen molar-refractivity contribution in [2.45, 2.75) is 76.1 Å².